The van der Waals surface area contributed by atoms with Gasteiger partial charge in [0.2, 0.25) is 0 Å². The van der Waals surface area contributed by atoms with Gasteiger partial charge in [0.1, 0.15) is 5.75 Å². The zero-order chi connectivity index (χ0) is 10.8. The maximum absolute atomic E-state index is 9.87. The van der Waals surface area contributed by atoms with Gasteiger partial charge in [-0.05, 0) is 29.5 Å². The monoisotopic (exact) mass is 194 g/mol. The minimum Gasteiger partial charge on any atom is -0.508 e. The van der Waals surface area contributed by atoms with Crippen LogP contribution >= 0.6 is 0 Å². The van der Waals surface area contributed by atoms with Crippen LogP contribution in [0.15, 0.2) is 24.3 Å². The van der Waals surface area contributed by atoms with Gasteiger partial charge < -0.3 is 10.2 Å². The molecule has 2 nitrogen and oxygen atoms in total. The Labute approximate surface area is 85.2 Å². The van der Waals surface area contributed by atoms with Gasteiger partial charge in [-0.3, -0.25) is 0 Å². The summed E-state index contributed by atoms with van der Waals surface area (Å²) in [6.45, 7) is 6.25. The van der Waals surface area contributed by atoms with E-state index >= 15 is 0 Å². The average molecular weight is 194 g/mol. The van der Waals surface area contributed by atoms with Gasteiger partial charge in [-0.15, -0.1) is 0 Å². The van der Waals surface area contributed by atoms with Gasteiger partial charge in [0, 0.05) is 0 Å². The van der Waals surface area contributed by atoms with E-state index in [2.05, 4.69) is 20.8 Å². The molecule has 1 atom stereocenters. The molecule has 0 heterocycles. The summed E-state index contributed by atoms with van der Waals surface area (Å²) >= 11 is 0. The second kappa shape index (κ2) is 4.01. The smallest absolute Gasteiger partial charge is 0.115 e. The van der Waals surface area contributed by atoms with E-state index in [9.17, 15) is 10.2 Å². The number of aliphatic hydroxyl groups excluding tert-OH is 1. The van der Waals surface area contributed by atoms with E-state index < -0.39 is 6.10 Å². The van der Waals surface area contributed by atoms with E-state index in [1.165, 1.54) is 0 Å². The second-order valence-corrected chi connectivity index (χ2v) is 4.88. The van der Waals surface area contributed by atoms with Crippen LogP contribution in [-0.4, -0.2) is 10.2 Å². The maximum Gasteiger partial charge on any atom is 0.115 e. The largest absolute Gasteiger partial charge is 0.508 e. The molecule has 0 saturated heterocycles. The first kappa shape index (κ1) is 11.1. The van der Waals surface area contributed by atoms with Gasteiger partial charge in [-0.2, -0.15) is 0 Å². The number of hydrogen-bond acceptors (Lipinski definition) is 2. The van der Waals surface area contributed by atoms with E-state index in [1.807, 2.05) is 6.07 Å². The summed E-state index contributed by atoms with van der Waals surface area (Å²) in [6.07, 6.45) is 0.193. The summed E-state index contributed by atoms with van der Waals surface area (Å²) in [5, 5.41) is 19.1. The molecule has 0 radical (unpaired) electrons. The summed E-state index contributed by atoms with van der Waals surface area (Å²) in [4.78, 5) is 0. The molecule has 0 aliphatic heterocycles. The van der Waals surface area contributed by atoms with Crippen LogP contribution in [0.5, 0.6) is 5.75 Å². The molecule has 78 valence electrons. The van der Waals surface area contributed by atoms with E-state index in [-0.39, 0.29) is 11.2 Å². The van der Waals surface area contributed by atoms with Crippen LogP contribution in [0.3, 0.4) is 0 Å². The first-order chi connectivity index (χ1) is 6.38. The molecule has 0 aliphatic rings. The lowest BCUT2D eigenvalue weighted by Gasteiger charge is -2.22. The Morgan fingerprint density at radius 2 is 1.93 bits per heavy atom. The number of aromatic hydroxyl groups is 1. The highest BCUT2D eigenvalue weighted by Gasteiger charge is 2.18. The number of aliphatic hydroxyl groups is 1. The average Bonchev–Trinajstić information content (AvgIpc) is 2.01. The highest BCUT2D eigenvalue weighted by molar-refractivity contribution is 5.28. The molecule has 0 amide bonds. The van der Waals surface area contributed by atoms with E-state index in [0.29, 0.717) is 6.42 Å². The van der Waals surface area contributed by atoms with Crippen molar-refractivity contribution in [1.29, 1.82) is 0 Å². The van der Waals surface area contributed by atoms with Crippen molar-refractivity contribution in [2.24, 2.45) is 5.41 Å². The number of phenolic OH excluding ortho intramolecular Hbond substituents is 1. The normalized spacial score (nSPS) is 14.0. The summed E-state index contributed by atoms with van der Waals surface area (Å²) in [6, 6.07) is 6.79. The van der Waals surface area contributed by atoms with Gasteiger partial charge >= 0.3 is 0 Å². The van der Waals surface area contributed by atoms with E-state index in [1.54, 1.807) is 18.2 Å². The summed E-state index contributed by atoms with van der Waals surface area (Å²) in [5.41, 5.74) is 0.866. The fourth-order valence-electron chi connectivity index (χ4n) is 1.43. The molecule has 1 aromatic carbocycles. The van der Waals surface area contributed by atoms with Crippen molar-refractivity contribution in [1.82, 2.24) is 0 Å². The Hall–Kier alpha value is -1.02. The molecule has 0 aliphatic carbocycles. The predicted octanol–water partition coefficient (Wildman–Crippen LogP) is 2.86. The first-order valence-electron chi connectivity index (χ1n) is 4.85. The van der Waals surface area contributed by atoms with Crippen LogP contribution in [0.4, 0.5) is 0 Å². The van der Waals surface area contributed by atoms with Crippen LogP contribution < -0.4 is 0 Å². The van der Waals surface area contributed by atoms with Crippen molar-refractivity contribution in [3.8, 4) is 5.75 Å². The molecule has 14 heavy (non-hydrogen) atoms. The first-order valence-corrected chi connectivity index (χ1v) is 4.85. The Bertz CT molecular complexity index is 299. The summed E-state index contributed by atoms with van der Waals surface area (Å²) in [7, 11) is 0. The van der Waals surface area contributed by atoms with Crippen molar-refractivity contribution < 1.29 is 10.2 Å². The third-order valence-corrected chi connectivity index (χ3v) is 2.06. The van der Waals surface area contributed by atoms with Gasteiger partial charge in [0.05, 0.1) is 6.10 Å². The van der Waals surface area contributed by atoms with Crippen molar-refractivity contribution in [2.45, 2.75) is 33.3 Å². The van der Waals surface area contributed by atoms with Crippen LogP contribution in [0.1, 0.15) is 38.9 Å². The Morgan fingerprint density at radius 3 is 2.43 bits per heavy atom. The van der Waals surface area contributed by atoms with Crippen molar-refractivity contribution in [2.75, 3.05) is 0 Å². The molecule has 1 unspecified atom stereocenters. The van der Waals surface area contributed by atoms with Crippen molar-refractivity contribution >= 4 is 0 Å². The van der Waals surface area contributed by atoms with Gasteiger partial charge in [0.25, 0.3) is 0 Å². The maximum atomic E-state index is 9.87. The molecule has 0 spiro atoms. The minimum absolute atomic E-state index is 0.0882. The SMILES string of the molecule is CC(C)(C)CC(O)c1cccc(O)c1. The van der Waals surface area contributed by atoms with Gasteiger partial charge in [-0.1, -0.05) is 32.9 Å². The lowest BCUT2D eigenvalue weighted by atomic mass is 9.87. The molecule has 1 rings (SSSR count). The van der Waals surface area contributed by atoms with Crippen LogP contribution in [-0.2, 0) is 0 Å². The molecule has 1 aromatic rings. The quantitative estimate of drug-likeness (QED) is 0.760. The van der Waals surface area contributed by atoms with Gasteiger partial charge in [0.15, 0.2) is 0 Å². The molecule has 0 aromatic heterocycles. The molecular formula is C12H18O2. The Morgan fingerprint density at radius 1 is 1.29 bits per heavy atom. The van der Waals surface area contributed by atoms with Gasteiger partial charge in [-0.25, -0.2) is 0 Å². The summed E-state index contributed by atoms with van der Waals surface area (Å²) < 4.78 is 0. The highest BCUT2D eigenvalue weighted by atomic mass is 16.3. The van der Waals surface area contributed by atoms with Crippen molar-refractivity contribution in [3.63, 3.8) is 0 Å². The lowest BCUT2D eigenvalue weighted by Crippen LogP contribution is -2.11. The molecule has 2 N–H and O–H groups in total. The number of rotatable bonds is 2. The second-order valence-electron chi connectivity index (χ2n) is 4.88. The fraction of sp³-hybridized carbons (Fsp3) is 0.500. The van der Waals surface area contributed by atoms with Crippen LogP contribution in [0, 0.1) is 5.41 Å². The zero-order valence-corrected chi connectivity index (χ0v) is 8.99. The van der Waals surface area contributed by atoms with E-state index in [4.69, 9.17) is 0 Å². The molecular weight excluding hydrogens is 176 g/mol. The highest BCUT2D eigenvalue weighted by Crippen LogP contribution is 2.30. The zero-order valence-electron chi connectivity index (χ0n) is 8.99. The van der Waals surface area contributed by atoms with Crippen molar-refractivity contribution in [3.05, 3.63) is 29.8 Å². The molecule has 0 saturated carbocycles. The standard InChI is InChI=1S/C12H18O2/c1-12(2,3)8-11(14)9-5-4-6-10(13)7-9/h4-7,11,13-14H,8H2,1-3H3. The Kier molecular flexibility index (Phi) is 3.17. The third-order valence-electron chi connectivity index (χ3n) is 2.06. The molecule has 0 bridgehead atoms. The predicted molar refractivity (Wildman–Crippen MR) is 57.1 cm³/mol. The Balaban J connectivity index is 2.74. The van der Waals surface area contributed by atoms with Crippen LogP contribution in [0.2, 0.25) is 0 Å². The van der Waals surface area contributed by atoms with Crippen LogP contribution in [0.25, 0.3) is 0 Å². The topological polar surface area (TPSA) is 40.5 Å². The molecule has 2 heteroatoms. The van der Waals surface area contributed by atoms with E-state index in [0.717, 1.165) is 5.56 Å². The third kappa shape index (κ3) is 3.38. The summed E-state index contributed by atoms with van der Waals surface area (Å²) in [5.74, 6) is 0.204. The minimum atomic E-state index is -0.498. The lowest BCUT2D eigenvalue weighted by molar-refractivity contribution is 0.122. The fourth-order valence-corrected chi connectivity index (χ4v) is 1.43. The number of benzene rings is 1. The molecule has 0 fully saturated rings. The number of phenols is 1. The number of hydrogen-bond donors (Lipinski definition) is 2.